The Kier molecular flexibility index (Phi) is 4.88. The number of fused-ring (bicyclic) bond motifs is 1. The number of para-hydroxylation sites is 1. The minimum absolute atomic E-state index is 0.323. The highest BCUT2D eigenvalue weighted by atomic mass is 32.2. The van der Waals surface area contributed by atoms with Crippen LogP contribution in [-0.4, -0.2) is 49.9 Å². The molecule has 2 aromatic rings. The quantitative estimate of drug-likeness (QED) is 0.747. The van der Waals surface area contributed by atoms with Crippen LogP contribution in [0, 0.1) is 6.92 Å². The maximum absolute atomic E-state index is 12.7. The van der Waals surface area contributed by atoms with Crippen LogP contribution in [0.1, 0.15) is 24.1 Å². The van der Waals surface area contributed by atoms with Crippen molar-refractivity contribution in [2.45, 2.75) is 30.9 Å². The summed E-state index contributed by atoms with van der Waals surface area (Å²) in [5.41, 5.74) is 3.32. The van der Waals surface area contributed by atoms with Crippen LogP contribution in [0.2, 0.25) is 0 Å². The highest BCUT2D eigenvalue weighted by Gasteiger charge is 2.48. The second kappa shape index (κ2) is 6.80. The highest BCUT2D eigenvalue weighted by molar-refractivity contribution is 7.92. The third kappa shape index (κ3) is 3.30. The Bertz CT molecular complexity index is 880. The number of carbonyl (C=O) groups is 1. The summed E-state index contributed by atoms with van der Waals surface area (Å²) in [5, 5.41) is 7.14. The Hall–Kier alpha value is -1.86. The maximum Gasteiger partial charge on any atom is 0.241 e. The molecule has 0 unspecified atom stereocenters. The molecule has 7 heteroatoms. The van der Waals surface area contributed by atoms with Gasteiger partial charge in [-0.2, -0.15) is 0 Å². The van der Waals surface area contributed by atoms with E-state index in [1.54, 1.807) is 0 Å². The molecule has 6 nitrogen and oxygen atoms in total. The summed E-state index contributed by atoms with van der Waals surface area (Å²) in [7, 11) is -3.47. The Morgan fingerprint density at radius 1 is 1.24 bits per heavy atom. The van der Waals surface area contributed by atoms with E-state index >= 15 is 0 Å². The molecule has 1 saturated heterocycles. The lowest BCUT2D eigenvalue weighted by atomic mass is 9.95. The van der Waals surface area contributed by atoms with Crippen molar-refractivity contribution in [3.63, 3.8) is 0 Å². The number of nitrogens with one attached hydrogen (secondary N) is 3. The van der Waals surface area contributed by atoms with Crippen LogP contribution in [0.4, 0.5) is 0 Å². The van der Waals surface area contributed by atoms with E-state index in [9.17, 15) is 13.2 Å². The molecule has 1 aromatic carbocycles. The summed E-state index contributed by atoms with van der Waals surface area (Å²) >= 11 is 0. The van der Waals surface area contributed by atoms with Crippen LogP contribution in [0.5, 0.6) is 0 Å². The molecule has 3 rings (SSSR count). The van der Waals surface area contributed by atoms with Crippen LogP contribution >= 0.6 is 0 Å². The SMILES string of the molecule is Cc1[nH]c2ccccc2c1CCNC(=O)C1(S(C)(=O)=O)CCNCC1. The first-order valence-corrected chi connectivity index (χ1v) is 10.5. The zero-order chi connectivity index (χ0) is 18.1. The van der Waals surface area contributed by atoms with Crippen molar-refractivity contribution in [3.8, 4) is 0 Å². The number of rotatable bonds is 5. The van der Waals surface area contributed by atoms with Gasteiger partial charge in [0.1, 0.15) is 0 Å². The van der Waals surface area contributed by atoms with Gasteiger partial charge in [0.15, 0.2) is 14.6 Å². The molecule has 1 amide bonds. The number of aromatic nitrogens is 1. The molecule has 0 radical (unpaired) electrons. The molecule has 0 saturated carbocycles. The van der Waals surface area contributed by atoms with Gasteiger partial charge in [-0.3, -0.25) is 4.79 Å². The van der Waals surface area contributed by atoms with Gasteiger partial charge in [-0.05, 0) is 50.9 Å². The lowest BCUT2D eigenvalue weighted by Crippen LogP contribution is -2.57. The smallest absolute Gasteiger partial charge is 0.241 e. The predicted molar refractivity (Wildman–Crippen MR) is 99.4 cm³/mol. The van der Waals surface area contributed by atoms with Gasteiger partial charge in [0.25, 0.3) is 0 Å². The molecule has 0 atom stereocenters. The van der Waals surface area contributed by atoms with E-state index in [-0.39, 0.29) is 5.91 Å². The Labute approximate surface area is 148 Å². The standard InChI is InChI=1S/C18H25N3O3S/c1-13-14(15-5-3-4-6-16(15)21-13)7-10-20-17(22)18(25(2,23)24)8-11-19-12-9-18/h3-6,19,21H,7-12H2,1-2H3,(H,20,22). The number of sulfone groups is 1. The van der Waals surface area contributed by atoms with Gasteiger partial charge in [-0.1, -0.05) is 18.2 Å². The average Bonchev–Trinajstić information content (AvgIpc) is 2.90. The van der Waals surface area contributed by atoms with Crippen LogP contribution in [-0.2, 0) is 21.1 Å². The summed E-state index contributed by atoms with van der Waals surface area (Å²) in [4.78, 5) is 16.1. The van der Waals surface area contributed by atoms with Crippen molar-refractivity contribution in [1.29, 1.82) is 0 Å². The second-order valence-electron chi connectivity index (χ2n) is 6.80. The van der Waals surface area contributed by atoms with Crippen molar-refractivity contribution in [2.75, 3.05) is 25.9 Å². The van der Waals surface area contributed by atoms with Gasteiger partial charge in [0.2, 0.25) is 5.91 Å². The van der Waals surface area contributed by atoms with Gasteiger partial charge in [0.05, 0.1) is 0 Å². The van der Waals surface area contributed by atoms with E-state index in [1.807, 2.05) is 25.1 Å². The Morgan fingerprint density at radius 2 is 1.92 bits per heavy atom. The molecule has 0 spiro atoms. The van der Waals surface area contributed by atoms with Crippen molar-refractivity contribution in [1.82, 2.24) is 15.6 Å². The van der Waals surface area contributed by atoms with Crippen molar-refractivity contribution < 1.29 is 13.2 Å². The van der Waals surface area contributed by atoms with Gasteiger partial charge < -0.3 is 15.6 Å². The van der Waals surface area contributed by atoms with E-state index < -0.39 is 14.6 Å². The second-order valence-corrected chi connectivity index (χ2v) is 9.12. The van der Waals surface area contributed by atoms with E-state index in [1.165, 1.54) is 6.26 Å². The molecule has 1 aliphatic rings. The average molecular weight is 363 g/mol. The van der Waals surface area contributed by atoms with Crippen molar-refractivity contribution >= 4 is 26.6 Å². The van der Waals surface area contributed by atoms with Gasteiger partial charge in [0, 0.05) is 29.4 Å². The lowest BCUT2D eigenvalue weighted by Gasteiger charge is -2.34. The van der Waals surface area contributed by atoms with Crippen molar-refractivity contribution in [3.05, 3.63) is 35.5 Å². The molecule has 1 fully saturated rings. The topological polar surface area (TPSA) is 91.1 Å². The number of piperidine rings is 1. The molecule has 136 valence electrons. The highest BCUT2D eigenvalue weighted by Crippen LogP contribution is 2.28. The summed E-state index contributed by atoms with van der Waals surface area (Å²) in [5.74, 6) is -0.367. The van der Waals surface area contributed by atoms with Gasteiger partial charge >= 0.3 is 0 Å². The number of H-pyrrole nitrogens is 1. The monoisotopic (exact) mass is 363 g/mol. The fraction of sp³-hybridized carbons (Fsp3) is 0.500. The number of benzene rings is 1. The zero-order valence-electron chi connectivity index (χ0n) is 14.7. The summed E-state index contributed by atoms with van der Waals surface area (Å²) < 4.78 is 23.3. The largest absolute Gasteiger partial charge is 0.358 e. The molecule has 25 heavy (non-hydrogen) atoms. The first kappa shape index (κ1) is 17.9. The number of aromatic amines is 1. The number of aryl methyl sites for hydroxylation is 1. The number of hydrogen-bond donors (Lipinski definition) is 3. The predicted octanol–water partition coefficient (Wildman–Crippen LogP) is 1.30. The Balaban J connectivity index is 1.72. The first-order valence-electron chi connectivity index (χ1n) is 8.60. The van der Waals surface area contributed by atoms with Crippen LogP contribution in [0.25, 0.3) is 10.9 Å². The summed E-state index contributed by atoms with van der Waals surface area (Å²) in [6.07, 6.45) is 2.48. The van der Waals surface area contributed by atoms with E-state index in [0.717, 1.165) is 22.2 Å². The molecule has 0 aliphatic carbocycles. The molecular formula is C18H25N3O3S. The Morgan fingerprint density at radius 3 is 2.60 bits per heavy atom. The fourth-order valence-corrected chi connectivity index (χ4v) is 5.07. The molecule has 2 heterocycles. The van der Waals surface area contributed by atoms with Gasteiger partial charge in [-0.25, -0.2) is 8.42 Å². The van der Waals surface area contributed by atoms with E-state index in [4.69, 9.17) is 0 Å². The van der Waals surface area contributed by atoms with Crippen LogP contribution in [0.15, 0.2) is 24.3 Å². The van der Waals surface area contributed by atoms with E-state index in [2.05, 4.69) is 21.7 Å². The van der Waals surface area contributed by atoms with Crippen LogP contribution < -0.4 is 10.6 Å². The molecule has 3 N–H and O–H groups in total. The summed E-state index contributed by atoms with van der Waals surface area (Å²) in [6.45, 7) is 3.53. The zero-order valence-corrected chi connectivity index (χ0v) is 15.5. The molecule has 1 aliphatic heterocycles. The van der Waals surface area contributed by atoms with Crippen LogP contribution in [0.3, 0.4) is 0 Å². The number of amides is 1. The molecule has 1 aromatic heterocycles. The van der Waals surface area contributed by atoms with Gasteiger partial charge in [-0.15, -0.1) is 0 Å². The molecule has 0 bridgehead atoms. The first-order chi connectivity index (χ1) is 11.8. The minimum atomic E-state index is -3.47. The molecular weight excluding hydrogens is 338 g/mol. The fourth-order valence-electron chi connectivity index (χ4n) is 3.72. The van der Waals surface area contributed by atoms with Crippen molar-refractivity contribution in [2.24, 2.45) is 0 Å². The van der Waals surface area contributed by atoms with E-state index in [0.29, 0.717) is 38.9 Å². The minimum Gasteiger partial charge on any atom is -0.358 e. The maximum atomic E-state index is 12.7. The number of carbonyl (C=O) groups excluding carboxylic acids is 1. The normalized spacial score (nSPS) is 17.5. The third-order valence-electron chi connectivity index (χ3n) is 5.22. The lowest BCUT2D eigenvalue weighted by molar-refractivity contribution is -0.124. The number of hydrogen-bond acceptors (Lipinski definition) is 4. The third-order valence-corrected chi connectivity index (χ3v) is 7.24. The summed E-state index contributed by atoms with van der Waals surface area (Å²) in [6, 6.07) is 8.06.